The predicted molar refractivity (Wildman–Crippen MR) is 121 cm³/mol. The normalized spacial score (nSPS) is 11.5. The number of H-pyrrole nitrogens is 1. The summed E-state index contributed by atoms with van der Waals surface area (Å²) in [6.45, 7) is 5.89. The van der Waals surface area contributed by atoms with Crippen LogP contribution >= 0.6 is 0 Å². The van der Waals surface area contributed by atoms with Gasteiger partial charge in [0.1, 0.15) is 11.3 Å². The first kappa shape index (κ1) is 20.7. The Hall–Kier alpha value is -4.14. The molecule has 33 heavy (non-hydrogen) atoms. The van der Waals surface area contributed by atoms with Crippen molar-refractivity contribution in [3.8, 4) is 22.8 Å². The van der Waals surface area contributed by atoms with Gasteiger partial charge in [-0.2, -0.15) is 4.98 Å². The van der Waals surface area contributed by atoms with E-state index in [0.717, 1.165) is 11.1 Å². The van der Waals surface area contributed by atoms with E-state index in [4.69, 9.17) is 4.52 Å². The molecule has 0 aliphatic rings. The molecule has 0 radical (unpaired) electrons. The van der Waals surface area contributed by atoms with Crippen LogP contribution in [-0.4, -0.2) is 29.7 Å². The summed E-state index contributed by atoms with van der Waals surface area (Å²) in [6.07, 6.45) is 1.56. The van der Waals surface area contributed by atoms with Gasteiger partial charge in [-0.15, -0.1) is 0 Å². The summed E-state index contributed by atoms with van der Waals surface area (Å²) in [5, 5.41) is 3.92. The minimum absolute atomic E-state index is 0.0459. The smallest absolute Gasteiger partial charge is 0.328 e. The number of fused-ring (bicyclic) bond motifs is 1. The van der Waals surface area contributed by atoms with Gasteiger partial charge in [-0.05, 0) is 17.5 Å². The Morgan fingerprint density at radius 1 is 1.09 bits per heavy atom. The molecule has 8 nitrogen and oxygen atoms in total. The zero-order valence-electron chi connectivity index (χ0n) is 18.3. The molecule has 0 saturated carbocycles. The first-order valence-electron chi connectivity index (χ1n) is 10.5. The second-order valence-electron chi connectivity index (χ2n) is 8.14. The van der Waals surface area contributed by atoms with Crippen molar-refractivity contribution in [2.75, 3.05) is 0 Å². The molecule has 0 unspecified atom stereocenters. The topological polar surface area (TPSA) is 102 Å². The summed E-state index contributed by atoms with van der Waals surface area (Å²) in [5.41, 5.74) is 3.57. The third-order valence-electron chi connectivity index (χ3n) is 5.46. The minimum Gasteiger partial charge on any atom is -0.339 e. The standard InChI is InChI=1S/C24H21FN6O2/c1-13(2)20-17(5-4-6-18(20)25)22-26-11-19-23(29-22)31(24(32)28-19)12-15-7-9-16(10-8-15)21-27-14(3)33-30-21/h4-11,13H,12H2,1-3H3,(H,28,32). The van der Waals surface area contributed by atoms with Gasteiger partial charge in [0.25, 0.3) is 0 Å². The molecule has 0 amide bonds. The number of halogens is 1. The Morgan fingerprint density at radius 3 is 2.58 bits per heavy atom. The second kappa shape index (κ2) is 8.09. The Morgan fingerprint density at radius 2 is 1.88 bits per heavy atom. The number of aromatic amines is 1. The van der Waals surface area contributed by atoms with Crippen LogP contribution in [0.5, 0.6) is 0 Å². The van der Waals surface area contributed by atoms with E-state index < -0.39 is 0 Å². The van der Waals surface area contributed by atoms with E-state index in [0.29, 0.717) is 46.4 Å². The highest BCUT2D eigenvalue weighted by Gasteiger charge is 2.18. The maximum atomic E-state index is 14.5. The first-order chi connectivity index (χ1) is 15.9. The summed E-state index contributed by atoms with van der Waals surface area (Å²) >= 11 is 0. The molecule has 0 saturated heterocycles. The van der Waals surface area contributed by atoms with Crippen molar-refractivity contribution in [3.05, 3.63) is 82.0 Å². The van der Waals surface area contributed by atoms with Crippen LogP contribution in [0.1, 0.15) is 36.8 Å². The van der Waals surface area contributed by atoms with E-state index >= 15 is 0 Å². The lowest BCUT2D eigenvalue weighted by Crippen LogP contribution is -2.17. The molecular weight excluding hydrogens is 423 g/mol. The van der Waals surface area contributed by atoms with Crippen molar-refractivity contribution >= 4 is 11.2 Å². The fourth-order valence-corrected chi connectivity index (χ4v) is 3.90. The molecule has 0 bridgehead atoms. The fraction of sp³-hybridized carbons (Fsp3) is 0.208. The second-order valence-corrected chi connectivity index (χ2v) is 8.14. The van der Waals surface area contributed by atoms with Crippen LogP contribution in [0.25, 0.3) is 33.9 Å². The Bertz CT molecular complexity index is 1510. The maximum absolute atomic E-state index is 14.5. The molecule has 1 N–H and O–H groups in total. The van der Waals surface area contributed by atoms with Gasteiger partial charge in [-0.3, -0.25) is 4.57 Å². The molecule has 3 aromatic heterocycles. The van der Waals surface area contributed by atoms with Gasteiger partial charge < -0.3 is 9.51 Å². The first-order valence-corrected chi connectivity index (χ1v) is 10.5. The largest absolute Gasteiger partial charge is 0.339 e. The van der Waals surface area contributed by atoms with Gasteiger partial charge in [0.05, 0.1) is 12.7 Å². The molecule has 0 fully saturated rings. The molecule has 166 valence electrons. The highest BCUT2D eigenvalue weighted by atomic mass is 19.1. The average Bonchev–Trinajstić information content (AvgIpc) is 3.36. The Balaban J connectivity index is 1.53. The third-order valence-corrected chi connectivity index (χ3v) is 5.46. The molecule has 0 atom stereocenters. The number of nitrogens with one attached hydrogen (secondary N) is 1. The number of aryl methyl sites for hydroxylation is 1. The minimum atomic E-state index is -0.297. The Labute approximate surface area is 188 Å². The van der Waals surface area contributed by atoms with Crippen LogP contribution in [0, 0.1) is 12.7 Å². The highest BCUT2D eigenvalue weighted by molar-refractivity contribution is 5.74. The fourth-order valence-electron chi connectivity index (χ4n) is 3.90. The summed E-state index contributed by atoms with van der Waals surface area (Å²) in [7, 11) is 0. The lowest BCUT2D eigenvalue weighted by Gasteiger charge is -2.13. The number of aromatic nitrogens is 6. The van der Waals surface area contributed by atoms with Gasteiger partial charge in [0.15, 0.2) is 11.5 Å². The molecule has 3 heterocycles. The van der Waals surface area contributed by atoms with Crippen molar-refractivity contribution in [2.24, 2.45) is 0 Å². The van der Waals surface area contributed by atoms with Crippen LogP contribution in [0.3, 0.4) is 0 Å². The van der Waals surface area contributed by atoms with Crippen molar-refractivity contribution < 1.29 is 8.91 Å². The van der Waals surface area contributed by atoms with E-state index in [-0.39, 0.29) is 17.4 Å². The quantitative estimate of drug-likeness (QED) is 0.429. The summed E-state index contributed by atoms with van der Waals surface area (Å²) in [5.74, 6) is 1.04. The van der Waals surface area contributed by atoms with E-state index in [2.05, 4.69) is 25.1 Å². The summed E-state index contributed by atoms with van der Waals surface area (Å²) < 4.78 is 21.1. The molecule has 5 aromatic rings. The molecule has 5 rings (SSSR count). The number of hydrogen-bond donors (Lipinski definition) is 1. The zero-order valence-corrected chi connectivity index (χ0v) is 18.3. The van der Waals surface area contributed by atoms with Crippen LogP contribution in [0.4, 0.5) is 4.39 Å². The summed E-state index contributed by atoms with van der Waals surface area (Å²) in [4.78, 5) is 28.7. The molecule has 0 spiro atoms. The Kier molecular flexibility index (Phi) is 5.08. The number of imidazole rings is 1. The maximum Gasteiger partial charge on any atom is 0.328 e. The van der Waals surface area contributed by atoms with Crippen molar-refractivity contribution in [1.82, 2.24) is 29.7 Å². The SMILES string of the molecule is Cc1nc(-c2ccc(Cn3c(=O)[nH]c4cnc(-c5cccc(F)c5C(C)C)nc43)cc2)no1. The monoisotopic (exact) mass is 444 g/mol. The van der Waals surface area contributed by atoms with Gasteiger partial charge >= 0.3 is 5.69 Å². The van der Waals surface area contributed by atoms with E-state index in [9.17, 15) is 9.18 Å². The molecule has 0 aliphatic carbocycles. The van der Waals surface area contributed by atoms with Crippen LogP contribution in [0.2, 0.25) is 0 Å². The molecule has 2 aromatic carbocycles. The van der Waals surface area contributed by atoms with Crippen LogP contribution in [-0.2, 0) is 6.54 Å². The lowest BCUT2D eigenvalue weighted by molar-refractivity contribution is 0.394. The third kappa shape index (κ3) is 3.82. The van der Waals surface area contributed by atoms with E-state index in [1.165, 1.54) is 6.07 Å². The average molecular weight is 444 g/mol. The van der Waals surface area contributed by atoms with E-state index in [1.54, 1.807) is 29.8 Å². The van der Waals surface area contributed by atoms with Gasteiger partial charge in [-0.25, -0.2) is 19.2 Å². The molecule has 9 heteroatoms. The number of nitrogens with zero attached hydrogens (tertiary/aromatic N) is 5. The number of hydrogen-bond acceptors (Lipinski definition) is 6. The van der Waals surface area contributed by atoms with E-state index in [1.807, 2.05) is 38.1 Å². The van der Waals surface area contributed by atoms with Gasteiger partial charge in [0.2, 0.25) is 11.7 Å². The highest BCUT2D eigenvalue weighted by Crippen LogP contribution is 2.30. The van der Waals surface area contributed by atoms with Crippen molar-refractivity contribution in [1.29, 1.82) is 0 Å². The van der Waals surface area contributed by atoms with Crippen molar-refractivity contribution in [2.45, 2.75) is 33.2 Å². The lowest BCUT2D eigenvalue weighted by atomic mass is 9.96. The summed E-state index contributed by atoms with van der Waals surface area (Å²) in [6, 6.07) is 12.4. The number of rotatable bonds is 5. The molecule has 0 aliphatic heterocycles. The molecular formula is C24H21FN6O2. The van der Waals surface area contributed by atoms with Crippen LogP contribution < -0.4 is 5.69 Å². The number of benzene rings is 2. The predicted octanol–water partition coefficient (Wildman–Crippen LogP) is 4.46. The zero-order chi connectivity index (χ0) is 23.1. The van der Waals surface area contributed by atoms with Crippen LogP contribution in [0.15, 0.2) is 58.0 Å². The van der Waals surface area contributed by atoms with Crippen molar-refractivity contribution in [3.63, 3.8) is 0 Å². The van der Waals surface area contributed by atoms with Gasteiger partial charge in [-0.1, -0.05) is 55.4 Å². The van der Waals surface area contributed by atoms with Gasteiger partial charge in [0, 0.05) is 23.6 Å².